The minimum atomic E-state index is 0.184. The summed E-state index contributed by atoms with van der Waals surface area (Å²) in [7, 11) is 3.78. The zero-order chi connectivity index (χ0) is 14.4. The summed E-state index contributed by atoms with van der Waals surface area (Å²) >= 11 is 0. The van der Waals surface area contributed by atoms with Crippen molar-refractivity contribution in [1.29, 1.82) is 0 Å². The number of benzene rings is 1. The Kier molecular flexibility index (Phi) is 5.41. The van der Waals surface area contributed by atoms with E-state index in [-0.39, 0.29) is 11.8 Å². The average molecular weight is 276 g/mol. The quantitative estimate of drug-likeness (QED) is 0.890. The van der Waals surface area contributed by atoms with Gasteiger partial charge in [0.1, 0.15) is 5.75 Å². The topological polar surface area (TPSA) is 41.6 Å². The van der Waals surface area contributed by atoms with Crippen LogP contribution in [0.4, 0.5) is 0 Å². The molecule has 0 aliphatic carbocycles. The molecule has 0 aromatic heterocycles. The largest absolute Gasteiger partial charge is 0.496 e. The van der Waals surface area contributed by atoms with Crippen molar-refractivity contribution < 1.29 is 9.53 Å². The first kappa shape index (κ1) is 14.9. The molecule has 1 saturated heterocycles. The predicted molar refractivity (Wildman–Crippen MR) is 79.9 cm³/mol. The second-order valence-electron chi connectivity index (χ2n) is 5.43. The third kappa shape index (κ3) is 3.97. The SMILES string of the molecule is COc1ccccc1CCNC(=O)C1CCN(C)CC1. The van der Waals surface area contributed by atoms with E-state index in [2.05, 4.69) is 17.3 Å². The molecule has 20 heavy (non-hydrogen) atoms. The standard InChI is InChI=1S/C16H24N2O2/c1-18-11-8-14(9-12-18)16(19)17-10-7-13-5-3-4-6-15(13)20-2/h3-6,14H,7-12H2,1-2H3,(H,17,19). The van der Waals surface area contributed by atoms with Gasteiger partial charge < -0.3 is 15.0 Å². The zero-order valence-electron chi connectivity index (χ0n) is 12.4. The first-order valence-electron chi connectivity index (χ1n) is 7.29. The summed E-state index contributed by atoms with van der Waals surface area (Å²) in [5.74, 6) is 1.28. The third-order valence-electron chi connectivity index (χ3n) is 3.98. The third-order valence-corrected chi connectivity index (χ3v) is 3.98. The van der Waals surface area contributed by atoms with Gasteiger partial charge in [0, 0.05) is 12.5 Å². The van der Waals surface area contributed by atoms with Gasteiger partial charge in [-0.1, -0.05) is 18.2 Å². The van der Waals surface area contributed by atoms with E-state index in [1.54, 1.807) is 7.11 Å². The lowest BCUT2D eigenvalue weighted by Gasteiger charge is -2.28. The van der Waals surface area contributed by atoms with Crippen LogP contribution in [0, 0.1) is 5.92 Å². The molecule has 1 N–H and O–H groups in total. The van der Waals surface area contributed by atoms with Gasteiger partial charge in [-0.3, -0.25) is 4.79 Å². The molecule has 0 saturated carbocycles. The lowest BCUT2D eigenvalue weighted by atomic mass is 9.96. The summed E-state index contributed by atoms with van der Waals surface area (Å²) in [4.78, 5) is 14.4. The van der Waals surface area contributed by atoms with Gasteiger partial charge in [-0.25, -0.2) is 0 Å². The Morgan fingerprint density at radius 1 is 1.35 bits per heavy atom. The molecule has 1 aliphatic heterocycles. The van der Waals surface area contributed by atoms with Crippen LogP contribution in [-0.2, 0) is 11.2 Å². The Labute approximate surface area is 121 Å². The molecule has 4 heteroatoms. The Morgan fingerprint density at radius 2 is 2.05 bits per heavy atom. The van der Waals surface area contributed by atoms with Crippen LogP contribution in [0.3, 0.4) is 0 Å². The molecule has 1 aromatic rings. The van der Waals surface area contributed by atoms with Crippen LogP contribution < -0.4 is 10.1 Å². The first-order valence-corrected chi connectivity index (χ1v) is 7.29. The lowest BCUT2D eigenvalue weighted by molar-refractivity contribution is -0.126. The molecule has 1 fully saturated rings. The molecular weight excluding hydrogens is 252 g/mol. The van der Waals surface area contributed by atoms with E-state index < -0.39 is 0 Å². The summed E-state index contributed by atoms with van der Waals surface area (Å²) < 4.78 is 5.31. The van der Waals surface area contributed by atoms with Crippen LogP contribution >= 0.6 is 0 Å². The summed E-state index contributed by atoms with van der Waals surface area (Å²) in [6.07, 6.45) is 2.75. The molecule has 0 unspecified atom stereocenters. The van der Waals surface area contributed by atoms with E-state index in [1.807, 2.05) is 24.3 Å². The highest BCUT2D eigenvalue weighted by molar-refractivity contribution is 5.78. The number of hydrogen-bond acceptors (Lipinski definition) is 3. The minimum Gasteiger partial charge on any atom is -0.496 e. The van der Waals surface area contributed by atoms with Crippen molar-refractivity contribution in [3.8, 4) is 5.75 Å². The van der Waals surface area contributed by atoms with Gasteiger partial charge in [0.25, 0.3) is 0 Å². The van der Waals surface area contributed by atoms with Crippen molar-refractivity contribution in [2.24, 2.45) is 5.92 Å². The number of carbonyl (C=O) groups excluding carboxylic acids is 1. The Morgan fingerprint density at radius 3 is 2.75 bits per heavy atom. The zero-order valence-corrected chi connectivity index (χ0v) is 12.4. The highest BCUT2D eigenvalue weighted by Gasteiger charge is 2.22. The van der Waals surface area contributed by atoms with Crippen LogP contribution in [0.15, 0.2) is 24.3 Å². The van der Waals surface area contributed by atoms with Crippen molar-refractivity contribution in [2.75, 3.05) is 33.8 Å². The number of amides is 1. The Hall–Kier alpha value is -1.55. The number of nitrogens with zero attached hydrogens (tertiary/aromatic N) is 1. The molecular formula is C16H24N2O2. The van der Waals surface area contributed by atoms with Crippen molar-refractivity contribution >= 4 is 5.91 Å². The second kappa shape index (κ2) is 7.29. The van der Waals surface area contributed by atoms with Crippen molar-refractivity contribution in [3.63, 3.8) is 0 Å². The van der Waals surface area contributed by atoms with Gasteiger partial charge in [0.15, 0.2) is 0 Å². The van der Waals surface area contributed by atoms with Crippen molar-refractivity contribution in [1.82, 2.24) is 10.2 Å². The number of carbonyl (C=O) groups is 1. The highest BCUT2D eigenvalue weighted by Crippen LogP contribution is 2.18. The van der Waals surface area contributed by atoms with E-state index >= 15 is 0 Å². The molecule has 1 heterocycles. The molecule has 0 radical (unpaired) electrons. The summed E-state index contributed by atoms with van der Waals surface area (Å²) in [5.41, 5.74) is 1.14. The maximum absolute atomic E-state index is 12.1. The number of nitrogens with one attached hydrogen (secondary N) is 1. The molecule has 1 aliphatic rings. The van der Waals surface area contributed by atoms with Crippen LogP contribution in [0.1, 0.15) is 18.4 Å². The average Bonchev–Trinajstić information content (AvgIpc) is 2.48. The monoisotopic (exact) mass is 276 g/mol. The van der Waals surface area contributed by atoms with E-state index in [1.165, 1.54) is 0 Å². The van der Waals surface area contributed by atoms with Gasteiger partial charge >= 0.3 is 0 Å². The van der Waals surface area contributed by atoms with Crippen LogP contribution in [0.25, 0.3) is 0 Å². The fraction of sp³-hybridized carbons (Fsp3) is 0.562. The van der Waals surface area contributed by atoms with Crippen LogP contribution in [0.5, 0.6) is 5.75 Å². The fourth-order valence-electron chi connectivity index (χ4n) is 2.64. The van der Waals surface area contributed by atoms with E-state index in [0.29, 0.717) is 6.54 Å². The molecule has 0 atom stereocenters. The van der Waals surface area contributed by atoms with Crippen molar-refractivity contribution in [3.05, 3.63) is 29.8 Å². The van der Waals surface area contributed by atoms with Crippen molar-refractivity contribution in [2.45, 2.75) is 19.3 Å². The van der Waals surface area contributed by atoms with E-state index in [0.717, 1.165) is 43.7 Å². The number of likely N-dealkylation sites (tertiary alicyclic amines) is 1. The number of ether oxygens (including phenoxy) is 1. The van der Waals surface area contributed by atoms with E-state index in [4.69, 9.17) is 4.74 Å². The smallest absolute Gasteiger partial charge is 0.223 e. The van der Waals surface area contributed by atoms with E-state index in [9.17, 15) is 4.79 Å². The van der Waals surface area contributed by atoms with Gasteiger partial charge in [0.2, 0.25) is 5.91 Å². The molecule has 110 valence electrons. The molecule has 4 nitrogen and oxygen atoms in total. The summed E-state index contributed by atoms with van der Waals surface area (Å²) in [6.45, 7) is 2.71. The van der Waals surface area contributed by atoms with Gasteiger partial charge in [0.05, 0.1) is 7.11 Å². The van der Waals surface area contributed by atoms with Crippen LogP contribution in [0.2, 0.25) is 0 Å². The second-order valence-corrected chi connectivity index (χ2v) is 5.43. The van der Waals surface area contributed by atoms with Gasteiger partial charge in [-0.15, -0.1) is 0 Å². The maximum atomic E-state index is 12.1. The molecule has 1 aromatic carbocycles. The number of para-hydroxylation sites is 1. The van der Waals surface area contributed by atoms with Gasteiger partial charge in [-0.2, -0.15) is 0 Å². The number of rotatable bonds is 5. The summed E-state index contributed by atoms with van der Waals surface area (Å²) in [6, 6.07) is 7.95. The first-order chi connectivity index (χ1) is 9.70. The molecule has 2 rings (SSSR count). The normalized spacial score (nSPS) is 16.9. The highest BCUT2D eigenvalue weighted by atomic mass is 16.5. The Balaban J connectivity index is 1.76. The Bertz CT molecular complexity index is 440. The molecule has 0 bridgehead atoms. The minimum absolute atomic E-state index is 0.184. The lowest BCUT2D eigenvalue weighted by Crippen LogP contribution is -2.39. The molecule has 0 spiro atoms. The number of piperidine rings is 1. The van der Waals surface area contributed by atoms with Gasteiger partial charge in [-0.05, 0) is 51.0 Å². The maximum Gasteiger partial charge on any atom is 0.223 e. The van der Waals surface area contributed by atoms with Crippen LogP contribution in [-0.4, -0.2) is 44.6 Å². The number of hydrogen-bond donors (Lipinski definition) is 1. The number of methoxy groups -OCH3 is 1. The predicted octanol–water partition coefficient (Wildman–Crippen LogP) is 1.70. The fourth-order valence-corrected chi connectivity index (χ4v) is 2.64. The molecule has 1 amide bonds. The summed E-state index contributed by atoms with van der Waals surface area (Å²) in [5, 5.41) is 3.05.